The molecule has 5 nitrogen and oxygen atoms in total. The van der Waals surface area contributed by atoms with Crippen molar-refractivity contribution in [1.29, 1.82) is 5.26 Å². The van der Waals surface area contributed by atoms with Gasteiger partial charge in [0, 0.05) is 11.3 Å². The van der Waals surface area contributed by atoms with E-state index in [1.54, 1.807) is 6.07 Å². The minimum absolute atomic E-state index is 0.0172. The summed E-state index contributed by atoms with van der Waals surface area (Å²) in [5, 5.41) is 14.9. The van der Waals surface area contributed by atoms with E-state index in [1.165, 1.54) is 13.0 Å². The minimum atomic E-state index is -4.77. The number of nitrogens with one attached hydrogen (secondary N) is 1. The van der Waals surface area contributed by atoms with Crippen molar-refractivity contribution in [1.82, 2.24) is 9.78 Å². The number of carbonyl (C=O) groups excluding carboxylic acids is 1. The normalized spacial score (nSPS) is 12.4. The van der Waals surface area contributed by atoms with Crippen LogP contribution < -0.4 is 5.32 Å². The van der Waals surface area contributed by atoms with Gasteiger partial charge in [0.15, 0.2) is 0 Å². The summed E-state index contributed by atoms with van der Waals surface area (Å²) >= 11 is 11.8. The second-order valence-corrected chi connectivity index (χ2v) is 7.83. The highest BCUT2D eigenvalue weighted by atomic mass is 35.5. The lowest BCUT2D eigenvalue weighted by atomic mass is 10.1. The van der Waals surface area contributed by atoms with Gasteiger partial charge in [-0.2, -0.15) is 36.7 Å². The molecule has 0 spiro atoms. The molecular formula is C22H12Cl2F6N4O. The number of halogens is 8. The molecule has 182 valence electrons. The van der Waals surface area contributed by atoms with Crippen LogP contribution >= 0.6 is 23.2 Å². The average Bonchev–Trinajstić information content (AvgIpc) is 3.05. The number of hydrogen-bond acceptors (Lipinski definition) is 3. The lowest BCUT2D eigenvalue weighted by Gasteiger charge is -2.11. The van der Waals surface area contributed by atoms with E-state index in [9.17, 15) is 36.4 Å². The zero-order valence-corrected chi connectivity index (χ0v) is 18.9. The van der Waals surface area contributed by atoms with Crippen LogP contribution in [0.15, 0.2) is 48.0 Å². The van der Waals surface area contributed by atoms with Gasteiger partial charge in [0.1, 0.15) is 16.8 Å². The molecule has 3 aromatic rings. The number of rotatable bonds is 4. The van der Waals surface area contributed by atoms with Crippen molar-refractivity contribution in [2.75, 3.05) is 5.32 Å². The zero-order valence-electron chi connectivity index (χ0n) is 17.4. The topological polar surface area (TPSA) is 70.7 Å². The van der Waals surface area contributed by atoms with E-state index >= 15 is 0 Å². The standard InChI is InChI=1S/C22H12Cl2F6N4O/c1-11-16(19(24)34(33-11)15-4-2-3-13(8-15)21(25,26)27)7-12(10-31)20(35)32-14-5-6-18(23)17(9-14)22(28,29)30/h2-9H,1H3,(H,32,35)/b12-7+. The Morgan fingerprint density at radius 3 is 2.37 bits per heavy atom. The smallest absolute Gasteiger partial charge is 0.321 e. The minimum Gasteiger partial charge on any atom is -0.321 e. The van der Waals surface area contributed by atoms with Crippen LogP contribution in [0.1, 0.15) is 22.4 Å². The van der Waals surface area contributed by atoms with Crippen LogP contribution in [0, 0.1) is 18.3 Å². The van der Waals surface area contributed by atoms with Crippen LogP contribution in [0.5, 0.6) is 0 Å². The first-order valence-corrected chi connectivity index (χ1v) is 10.2. The number of alkyl halides is 6. The number of anilines is 1. The number of nitriles is 1. The summed E-state index contributed by atoms with van der Waals surface area (Å²) < 4.78 is 79.3. The zero-order chi connectivity index (χ0) is 26.1. The fraction of sp³-hybridized carbons (Fsp3) is 0.136. The van der Waals surface area contributed by atoms with Gasteiger partial charge in [0.25, 0.3) is 5.91 Å². The van der Waals surface area contributed by atoms with Crippen molar-refractivity contribution in [3.8, 4) is 11.8 Å². The molecule has 0 saturated carbocycles. The number of nitrogens with zero attached hydrogens (tertiary/aromatic N) is 3. The first-order valence-electron chi connectivity index (χ1n) is 9.45. The second-order valence-electron chi connectivity index (χ2n) is 7.07. The summed E-state index contributed by atoms with van der Waals surface area (Å²) in [5.74, 6) is -1.05. The molecule has 0 unspecified atom stereocenters. The molecule has 13 heteroatoms. The van der Waals surface area contributed by atoms with Crippen LogP contribution in [-0.4, -0.2) is 15.7 Å². The van der Waals surface area contributed by atoms with Gasteiger partial charge in [0.2, 0.25) is 0 Å². The molecule has 0 bridgehead atoms. The molecule has 0 saturated heterocycles. The summed E-state index contributed by atoms with van der Waals surface area (Å²) in [6.45, 7) is 1.45. The van der Waals surface area contributed by atoms with E-state index in [0.29, 0.717) is 6.07 Å². The highest BCUT2D eigenvalue weighted by Gasteiger charge is 2.34. The number of benzene rings is 2. The molecule has 0 aliphatic carbocycles. The molecule has 35 heavy (non-hydrogen) atoms. The summed E-state index contributed by atoms with van der Waals surface area (Å²) in [7, 11) is 0. The van der Waals surface area contributed by atoms with E-state index in [2.05, 4.69) is 10.4 Å². The first-order chi connectivity index (χ1) is 16.2. The number of amides is 1. The van der Waals surface area contributed by atoms with Crippen LogP contribution in [0.2, 0.25) is 10.2 Å². The quantitative estimate of drug-likeness (QED) is 0.222. The maximum Gasteiger partial charge on any atom is 0.417 e. The van der Waals surface area contributed by atoms with Crippen LogP contribution in [-0.2, 0) is 17.1 Å². The summed E-state index contributed by atoms with van der Waals surface area (Å²) in [6.07, 6.45) is -8.34. The third-order valence-electron chi connectivity index (χ3n) is 4.65. The van der Waals surface area contributed by atoms with Gasteiger partial charge < -0.3 is 5.32 Å². The molecule has 1 N–H and O–H groups in total. The molecule has 3 rings (SSSR count). The van der Waals surface area contributed by atoms with Gasteiger partial charge in [0.05, 0.1) is 27.5 Å². The van der Waals surface area contributed by atoms with E-state index in [0.717, 1.165) is 41.1 Å². The molecular weight excluding hydrogens is 521 g/mol. The van der Waals surface area contributed by atoms with Crippen LogP contribution in [0.25, 0.3) is 11.8 Å². The fourth-order valence-electron chi connectivity index (χ4n) is 2.97. The van der Waals surface area contributed by atoms with Gasteiger partial charge in [-0.1, -0.05) is 29.3 Å². The Kier molecular flexibility index (Phi) is 7.19. The molecule has 1 heterocycles. The van der Waals surface area contributed by atoms with Gasteiger partial charge >= 0.3 is 12.4 Å². The number of hydrogen-bond donors (Lipinski definition) is 1. The van der Waals surface area contributed by atoms with Crippen molar-refractivity contribution >= 4 is 40.9 Å². The van der Waals surface area contributed by atoms with Crippen molar-refractivity contribution < 1.29 is 31.1 Å². The van der Waals surface area contributed by atoms with E-state index in [-0.39, 0.29) is 27.8 Å². The second kappa shape index (κ2) is 9.64. The van der Waals surface area contributed by atoms with Crippen molar-refractivity contribution in [3.05, 3.63) is 80.6 Å². The monoisotopic (exact) mass is 532 g/mol. The maximum absolute atomic E-state index is 13.1. The van der Waals surface area contributed by atoms with Crippen LogP contribution in [0.3, 0.4) is 0 Å². The van der Waals surface area contributed by atoms with E-state index < -0.39 is 40.0 Å². The maximum atomic E-state index is 13.1. The Labute approximate surface area is 204 Å². The highest BCUT2D eigenvalue weighted by Crippen LogP contribution is 2.36. The Morgan fingerprint density at radius 2 is 1.77 bits per heavy atom. The first kappa shape index (κ1) is 26.1. The fourth-order valence-corrected chi connectivity index (χ4v) is 3.52. The Bertz CT molecular complexity index is 1370. The summed E-state index contributed by atoms with van der Waals surface area (Å²) in [5.41, 5.74) is -2.70. The third kappa shape index (κ3) is 5.78. The largest absolute Gasteiger partial charge is 0.417 e. The molecule has 1 amide bonds. The molecule has 0 atom stereocenters. The van der Waals surface area contributed by atoms with Crippen LogP contribution in [0.4, 0.5) is 32.0 Å². The number of aromatic nitrogens is 2. The van der Waals surface area contributed by atoms with E-state index in [1.807, 2.05) is 0 Å². The lowest BCUT2D eigenvalue weighted by Crippen LogP contribution is -2.14. The van der Waals surface area contributed by atoms with Gasteiger partial charge in [-0.3, -0.25) is 4.79 Å². The Balaban J connectivity index is 1.95. The van der Waals surface area contributed by atoms with Crippen molar-refractivity contribution in [2.45, 2.75) is 19.3 Å². The summed E-state index contributed by atoms with van der Waals surface area (Å²) in [6, 6.07) is 8.47. The van der Waals surface area contributed by atoms with Gasteiger partial charge in [-0.25, -0.2) is 4.68 Å². The number of aryl methyl sites for hydroxylation is 1. The predicted octanol–water partition coefficient (Wildman–Crippen LogP) is 7.07. The molecule has 2 aromatic carbocycles. The number of carbonyl (C=O) groups is 1. The average molecular weight is 533 g/mol. The third-order valence-corrected chi connectivity index (χ3v) is 5.34. The predicted molar refractivity (Wildman–Crippen MR) is 117 cm³/mol. The lowest BCUT2D eigenvalue weighted by molar-refractivity contribution is -0.138. The Morgan fingerprint density at radius 1 is 1.09 bits per heavy atom. The molecule has 0 radical (unpaired) electrons. The van der Waals surface area contributed by atoms with Crippen molar-refractivity contribution in [3.63, 3.8) is 0 Å². The SMILES string of the molecule is Cc1nn(-c2cccc(C(F)(F)F)c2)c(Cl)c1/C=C(\C#N)C(=O)Nc1ccc(Cl)c(C(F)(F)F)c1. The molecule has 1 aromatic heterocycles. The van der Waals surface area contributed by atoms with Gasteiger partial charge in [-0.15, -0.1) is 0 Å². The molecule has 0 aliphatic rings. The van der Waals surface area contributed by atoms with E-state index in [4.69, 9.17) is 23.2 Å². The molecule has 0 fully saturated rings. The molecule has 0 aliphatic heterocycles. The van der Waals surface area contributed by atoms with Gasteiger partial charge in [-0.05, 0) is 49.4 Å². The highest BCUT2D eigenvalue weighted by molar-refractivity contribution is 6.32. The van der Waals surface area contributed by atoms with Crippen molar-refractivity contribution in [2.24, 2.45) is 0 Å². The summed E-state index contributed by atoms with van der Waals surface area (Å²) in [4.78, 5) is 12.5. The Hall–Kier alpha value is -3.49.